The fourth-order valence-electron chi connectivity index (χ4n) is 2.85. The standard InChI is InChI=1S/C17H22FN3O3S/c1-13(2)24-11-15-16-10-21(9-5-8-20(16)12-19-15)25(22,23)17-7-4-3-6-14(17)18/h3-4,6-7,12-13H,5,8-11H2,1-2H3. The lowest BCUT2D eigenvalue weighted by Crippen LogP contribution is -2.31. The molecule has 1 aliphatic heterocycles. The third kappa shape index (κ3) is 3.75. The number of aromatic nitrogens is 2. The highest BCUT2D eigenvalue weighted by Crippen LogP contribution is 2.25. The first kappa shape index (κ1) is 18.0. The molecule has 1 aliphatic rings. The van der Waals surface area contributed by atoms with E-state index in [9.17, 15) is 12.8 Å². The van der Waals surface area contributed by atoms with Gasteiger partial charge >= 0.3 is 0 Å². The van der Waals surface area contributed by atoms with Crippen LogP contribution in [0.25, 0.3) is 0 Å². The number of rotatable bonds is 5. The van der Waals surface area contributed by atoms with Crippen LogP contribution in [0.5, 0.6) is 0 Å². The average molecular weight is 367 g/mol. The van der Waals surface area contributed by atoms with Gasteiger partial charge in [0.15, 0.2) is 0 Å². The summed E-state index contributed by atoms with van der Waals surface area (Å²) in [4.78, 5) is 4.07. The quantitative estimate of drug-likeness (QED) is 0.815. The van der Waals surface area contributed by atoms with E-state index in [2.05, 4.69) is 4.98 Å². The van der Waals surface area contributed by atoms with Gasteiger partial charge in [0.05, 0.1) is 37.0 Å². The molecule has 0 unspecified atom stereocenters. The molecular formula is C17H22FN3O3S. The second-order valence-electron chi connectivity index (χ2n) is 6.31. The van der Waals surface area contributed by atoms with Crippen LogP contribution in [0.3, 0.4) is 0 Å². The first-order chi connectivity index (χ1) is 11.9. The molecule has 2 aromatic rings. The van der Waals surface area contributed by atoms with Crippen LogP contribution in [0.1, 0.15) is 31.7 Å². The SMILES string of the molecule is CC(C)OCc1ncn2c1CN(S(=O)(=O)c1ccccc1F)CCC2. The van der Waals surface area contributed by atoms with Crippen molar-refractivity contribution < 1.29 is 17.5 Å². The monoisotopic (exact) mass is 367 g/mol. The summed E-state index contributed by atoms with van der Waals surface area (Å²) in [6, 6.07) is 5.47. The number of ether oxygens (including phenoxy) is 1. The van der Waals surface area contributed by atoms with E-state index in [1.807, 2.05) is 18.4 Å². The summed E-state index contributed by atoms with van der Waals surface area (Å²) in [6.07, 6.45) is 2.41. The zero-order valence-electron chi connectivity index (χ0n) is 14.4. The van der Waals surface area contributed by atoms with Gasteiger partial charge in [-0.25, -0.2) is 17.8 Å². The minimum absolute atomic E-state index is 0.0568. The molecule has 1 aromatic heterocycles. The van der Waals surface area contributed by atoms with Crippen molar-refractivity contribution >= 4 is 10.0 Å². The Morgan fingerprint density at radius 2 is 2.04 bits per heavy atom. The smallest absolute Gasteiger partial charge is 0.246 e. The Bertz CT molecular complexity index is 849. The van der Waals surface area contributed by atoms with Crippen LogP contribution in [-0.2, 0) is 34.5 Å². The second-order valence-corrected chi connectivity index (χ2v) is 8.22. The Kier molecular flexibility index (Phi) is 5.21. The zero-order valence-corrected chi connectivity index (χ0v) is 15.2. The molecule has 136 valence electrons. The summed E-state index contributed by atoms with van der Waals surface area (Å²) >= 11 is 0. The number of imidazole rings is 1. The van der Waals surface area contributed by atoms with Gasteiger partial charge in [0.2, 0.25) is 10.0 Å². The van der Waals surface area contributed by atoms with Crippen molar-refractivity contribution in [3.05, 3.63) is 47.8 Å². The zero-order chi connectivity index (χ0) is 18.0. The molecule has 25 heavy (non-hydrogen) atoms. The van der Waals surface area contributed by atoms with Crippen molar-refractivity contribution in [2.45, 2.75) is 51.0 Å². The minimum atomic E-state index is -3.91. The number of fused-ring (bicyclic) bond motifs is 1. The molecular weight excluding hydrogens is 345 g/mol. The van der Waals surface area contributed by atoms with Crippen LogP contribution >= 0.6 is 0 Å². The van der Waals surface area contributed by atoms with Crippen LogP contribution in [0.15, 0.2) is 35.5 Å². The summed E-state index contributed by atoms with van der Waals surface area (Å²) in [6.45, 7) is 5.37. The molecule has 2 heterocycles. The molecule has 0 aliphatic carbocycles. The van der Waals surface area contributed by atoms with Gasteiger partial charge in [-0.1, -0.05) is 12.1 Å². The van der Waals surface area contributed by atoms with E-state index in [1.54, 1.807) is 6.33 Å². The predicted octanol–water partition coefficient (Wildman–Crippen LogP) is 2.54. The first-order valence-corrected chi connectivity index (χ1v) is 9.72. The third-order valence-electron chi connectivity index (χ3n) is 4.17. The van der Waals surface area contributed by atoms with Gasteiger partial charge in [0, 0.05) is 13.1 Å². The lowest BCUT2D eigenvalue weighted by atomic mass is 10.3. The van der Waals surface area contributed by atoms with Crippen molar-refractivity contribution in [2.75, 3.05) is 6.54 Å². The Hall–Kier alpha value is -1.77. The van der Waals surface area contributed by atoms with Crippen molar-refractivity contribution in [1.82, 2.24) is 13.9 Å². The molecule has 0 N–H and O–H groups in total. The van der Waals surface area contributed by atoms with Gasteiger partial charge in [-0.2, -0.15) is 4.31 Å². The molecule has 0 fully saturated rings. The van der Waals surface area contributed by atoms with Crippen molar-refractivity contribution in [1.29, 1.82) is 0 Å². The maximum atomic E-state index is 14.0. The highest BCUT2D eigenvalue weighted by atomic mass is 32.2. The largest absolute Gasteiger partial charge is 0.372 e. The van der Waals surface area contributed by atoms with Crippen molar-refractivity contribution in [3.63, 3.8) is 0 Å². The molecule has 0 spiro atoms. The number of sulfonamides is 1. The summed E-state index contributed by atoms with van der Waals surface area (Å²) in [5.74, 6) is -0.733. The topological polar surface area (TPSA) is 64.4 Å². The Balaban J connectivity index is 1.91. The van der Waals surface area contributed by atoms with E-state index in [-0.39, 0.29) is 17.5 Å². The van der Waals surface area contributed by atoms with Crippen LogP contribution < -0.4 is 0 Å². The highest BCUT2D eigenvalue weighted by Gasteiger charge is 2.30. The molecule has 8 heteroatoms. The number of benzene rings is 1. The molecule has 0 bridgehead atoms. The maximum Gasteiger partial charge on any atom is 0.246 e. The summed E-state index contributed by atoms with van der Waals surface area (Å²) in [5.41, 5.74) is 1.53. The molecule has 3 rings (SSSR count). The van der Waals surface area contributed by atoms with Crippen LogP contribution in [0.4, 0.5) is 4.39 Å². The number of halogens is 1. The van der Waals surface area contributed by atoms with E-state index in [0.29, 0.717) is 26.1 Å². The van der Waals surface area contributed by atoms with Gasteiger partial charge in [-0.05, 0) is 32.4 Å². The van der Waals surface area contributed by atoms with Gasteiger partial charge in [0.25, 0.3) is 0 Å². The Morgan fingerprint density at radius 3 is 2.76 bits per heavy atom. The first-order valence-electron chi connectivity index (χ1n) is 8.28. The van der Waals surface area contributed by atoms with Crippen LogP contribution in [0.2, 0.25) is 0 Å². The normalized spacial score (nSPS) is 16.0. The summed E-state index contributed by atoms with van der Waals surface area (Å²) < 4.78 is 48.7. The summed E-state index contributed by atoms with van der Waals surface area (Å²) in [7, 11) is -3.91. The van der Waals surface area contributed by atoms with Gasteiger partial charge in [-0.15, -0.1) is 0 Å². The van der Waals surface area contributed by atoms with Gasteiger partial charge in [-0.3, -0.25) is 0 Å². The maximum absolute atomic E-state index is 14.0. The Labute approximate surface area is 147 Å². The third-order valence-corrected chi connectivity index (χ3v) is 6.05. The van der Waals surface area contributed by atoms with Crippen molar-refractivity contribution in [3.8, 4) is 0 Å². The fraction of sp³-hybridized carbons (Fsp3) is 0.471. The van der Waals surface area contributed by atoms with Crippen LogP contribution in [0, 0.1) is 5.82 Å². The molecule has 6 nitrogen and oxygen atoms in total. The fourth-order valence-corrected chi connectivity index (χ4v) is 4.36. The molecule has 1 aromatic carbocycles. The number of aryl methyl sites for hydroxylation is 1. The van der Waals surface area contributed by atoms with Gasteiger partial charge in [0.1, 0.15) is 10.7 Å². The average Bonchev–Trinajstić information content (AvgIpc) is 2.80. The van der Waals surface area contributed by atoms with E-state index in [1.165, 1.54) is 22.5 Å². The number of nitrogens with zero attached hydrogens (tertiary/aromatic N) is 3. The number of hydrogen-bond acceptors (Lipinski definition) is 4. The van der Waals surface area contributed by atoms with Crippen molar-refractivity contribution in [2.24, 2.45) is 0 Å². The molecule has 0 amide bonds. The minimum Gasteiger partial charge on any atom is -0.372 e. The second kappa shape index (κ2) is 7.23. The molecule has 0 saturated heterocycles. The van der Waals surface area contributed by atoms with Crippen LogP contribution in [-0.4, -0.2) is 34.9 Å². The number of hydrogen-bond donors (Lipinski definition) is 0. The van der Waals surface area contributed by atoms with E-state index in [4.69, 9.17) is 4.74 Å². The van der Waals surface area contributed by atoms with Gasteiger partial charge < -0.3 is 9.30 Å². The molecule has 0 radical (unpaired) electrons. The lowest BCUT2D eigenvalue weighted by molar-refractivity contribution is 0.0631. The summed E-state index contributed by atoms with van der Waals surface area (Å²) in [5, 5.41) is 0. The highest BCUT2D eigenvalue weighted by molar-refractivity contribution is 7.89. The van der Waals surface area contributed by atoms with E-state index in [0.717, 1.165) is 17.5 Å². The molecule has 0 atom stereocenters. The lowest BCUT2D eigenvalue weighted by Gasteiger charge is -2.20. The van der Waals surface area contributed by atoms with E-state index < -0.39 is 15.8 Å². The molecule has 0 saturated carbocycles. The Morgan fingerprint density at radius 1 is 1.28 bits per heavy atom. The predicted molar refractivity (Wildman–Crippen MR) is 90.8 cm³/mol. The van der Waals surface area contributed by atoms with E-state index >= 15 is 0 Å².